The lowest BCUT2D eigenvalue weighted by Crippen LogP contribution is -2.24. The molecule has 20 heavy (non-hydrogen) atoms. The van der Waals surface area contributed by atoms with Gasteiger partial charge in [0.2, 0.25) is 0 Å². The number of nitrogens with zero attached hydrogens (tertiary/aromatic N) is 1. The second kappa shape index (κ2) is 7.25. The Hall–Kier alpha value is -1.61. The van der Waals surface area contributed by atoms with Crippen LogP contribution in [-0.4, -0.2) is 11.5 Å². The van der Waals surface area contributed by atoms with Crippen molar-refractivity contribution in [3.8, 4) is 0 Å². The van der Waals surface area contributed by atoms with Gasteiger partial charge in [-0.1, -0.05) is 19.9 Å². The highest BCUT2D eigenvalue weighted by molar-refractivity contribution is 5.21. The van der Waals surface area contributed by atoms with Crippen LogP contribution in [0.4, 0.5) is 0 Å². The van der Waals surface area contributed by atoms with Crippen molar-refractivity contribution in [1.29, 1.82) is 0 Å². The first-order valence-electron chi connectivity index (χ1n) is 7.45. The predicted molar refractivity (Wildman–Crippen MR) is 81.8 cm³/mol. The van der Waals surface area contributed by atoms with E-state index >= 15 is 0 Å². The molecule has 0 saturated carbocycles. The first-order chi connectivity index (χ1) is 9.74. The fourth-order valence-electron chi connectivity index (χ4n) is 2.31. The van der Waals surface area contributed by atoms with Crippen molar-refractivity contribution in [3.05, 3.63) is 53.2 Å². The van der Waals surface area contributed by atoms with Crippen LogP contribution in [0.3, 0.4) is 0 Å². The molecule has 0 radical (unpaired) electrons. The Morgan fingerprint density at radius 2 is 2.10 bits per heavy atom. The molecule has 2 rings (SSSR count). The minimum absolute atomic E-state index is 0.199. The fourth-order valence-corrected chi connectivity index (χ4v) is 2.31. The first-order valence-corrected chi connectivity index (χ1v) is 7.45. The van der Waals surface area contributed by atoms with Crippen LogP contribution in [0.15, 0.2) is 35.1 Å². The van der Waals surface area contributed by atoms with Gasteiger partial charge in [0.05, 0.1) is 12.3 Å². The number of hydrogen-bond donors (Lipinski definition) is 1. The van der Waals surface area contributed by atoms with Gasteiger partial charge in [0, 0.05) is 18.3 Å². The Bertz CT molecular complexity index is 516. The minimum atomic E-state index is 0.199. The fraction of sp³-hybridized carbons (Fsp3) is 0.471. The number of nitrogens with one attached hydrogen (secondary N) is 1. The van der Waals surface area contributed by atoms with E-state index in [4.69, 9.17) is 4.42 Å². The molecule has 0 fully saturated rings. The molecule has 2 heterocycles. The molecule has 0 aliphatic heterocycles. The Labute approximate surface area is 121 Å². The maximum absolute atomic E-state index is 5.65. The van der Waals surface area contributed by atoms with Gasteiger partial charge in [-0.2, -0.15) is 0 Å². The largest absolute Gasteiger partial charge is 0.467 e. The Kier molecular flexibility index (Phi) is 5.36. The van der Waals surface area contributed by atoms with E-state index in [1.54, 1.807) is 6.26 Å². The maximum Gasteiger partial charge on any atom is 0.123 e. The molecular weight excluding hydrogens is 248 g/mol. The van der Waals surface area contributed by atoms with Crippen molar-refractivity contribution in [2.45, 2.75) is 46.1 Å². The van der Waals surface area contributed by atoms with E-state index in [-0.39, 0.29) is 6.04 Å². The molecule has 0 spiro atoms. The molecule has 1 N–H and O–H groups in total. The van der Waals surface area contributed by atoms with Crippen LogP contribution < -0.4 is 5.32 Å². The summed E-state index contributed by atoms with van der Waals surface area (Å²) in [6, 6.07) is 6.50. The van der Waals surface area contributed by atoms with Crippen molar-refractivity contribution in [1.82, 2.24) is 10.3 Å². The lowest BCUT2D eigenvalue weighted by molar-refractivity contribution is 0.406. The summed E-state index contributed by atoms with van der Waals surface area (Å²) < 4.78 is 5.65. The van der Waals surface area contributed by atoms with Gasteiger partial charge in [0.1, 0.15) is 5.76 Å². The molecule has 0 aliphatic carbocycles. The number of aryl methyl sites for hydroxylation is 2. The zero-order valence-corrected chi connectivity index (χ0v) is 12.6. The van der Waals surface area contributed by atoms with Gasteiger partial charge in [-0.3, -0.25) is 4.98 Å². The van der Waals surface area contributed by atoms with Crippen molar-refractivity contribution < 1.29 is 4.42 Å². The molecule has 3 heteroatoms. The van der Waals surface area contributed by atoms with E-state index in [9.17, 15) is 0 Å². The van der Waals surface area contributed by atoms with Crippen LogP contribution in [0.5, 0.6) is 0 Å². The highest BCUT2D eigenvalue weighted by Crippen LogP contribution is 2.22. The summed E-state index contributed by atoms with van der Waals surface area (Å²) in [6.45, 7) is 7.40. The normalized spacial score (nSPS) is 12.6. The van der Waals surface area contributed by atoms with E-state index in [0.29, 0.717) is 0 Å². The molecule has 108 valence electrons. The number of pyridine rings is 1. The van der Waals surface area contributed by atoms with Gasteiger partial charge in [-0.05, 0) is 49.6 Å². The van der Waals surface area contributed by atoms with Crippen LogP contribution in [-0.2, 0) is 12.8 Å². The summed E-state index contributed by atoms with van der Waals surface area (Å²) in [5.41, 5.74) is 3.58. The third-order valence-corrected chi connectivity index (χ3v) is 3.57. The van der Waals surface area contributed by atoms with E-state index in [0.717, 1.165) is 37.3 Å². The van der Waals surface area contributed by atoms with Gasteiger partial charge < -0.3 is 9.73 Å². The molecule has 0 saturated heterocycles. The van der Waals surface area contributed by atoms with Crippen LogP contribution in [0, 0.1) is 6.92 Å². The lowest BCUT2D eigenvalue weighted by atomic mass is 10.0. The summed E-state index contributed by atoms with van der Waals surface area (Å²) in [5, 5.41) is 3.56. The third-order valence-electron chi connectivity index (χ3n) is 3.57. The van der Waals surface area contributed by atoms with Crippen molar-refractivity contribution in [2.24, 2.45) is 0 Å². The average Bonchev–Trinajstić information content (AvgIpc) is 2.90. The molecular formula is C17H24N2O. The minimum Gasteiger partial charge on any atom is -0.467 e. The smallest absolute Gasteiger partial charge is 0.123 e. The highest BCUT2D eigenvalue weighted by Gasteiger charge is 2.17. The maximum atomic E-state index is 5.65. The van der Waals surface area contributed by atoms with E-state index in [1.807, 2.05) is 12.3 Å². The molecule has 1 unspecified atom stereocenters. The van der Waals surface area contributed by atoms with E-state index in [1.165, 1.54) is 11.1 Å². The first kappa shape index (κ1) is 14.8. The molecule has 2 aromatic rings. The zero-order valence-electron chi connectivity index (χ0n) is 12.6. The summed E-state index contributed by atoms with van der Waals surface area (Å²) in [7, 11) is 0. The third kappa shape index (κ3) is 3.70. The van der Waals surface area contributed by atoms with Crippen molar-refractivity contribution in [3.63, 3.8) is 0 Å². The topological polar surface area (TPSA) is 38.1 Å². The van der Waals surface area contributed by atoms with Crippen molar-refractivity contribution in [2.75, 3.05) is 6.54 Å². The molecule has 2 aromatic heterocycles. The van der Waals surface area contributed by atoms with Gasteiger partial charge in [0.25, 0.3) is 0 Å². The quantitative estimate of drug-likeness (QED) is 0.832. The zero-order chi connectivity index (χ0) is 14.4. The van der Waals surface area contributed by atoms with Gasteiger partial charge in [-0.15, -0.1) is 0 Å². The van der Waals surface area contributed by atoms with Gasteiger partial charge >= 0.3 is 0 Å². The van der Waals surface area contributed by atoms with E-state index < -0.39 is 0 Å². The summed E-state index contributed by atoms with van der Waals surface area (Å²) >= 11 is 0. The van der Waals surface area contributed by atoms with Crippen LogP contribution in [0.2, 0.25) is 0 Å². The standard InChI is InChI=1S/C17H24N2O/c1-4-9-18-16(17-13(3)8-10-20-17)11-15-7-6-14(5-2)12-19-15/h6-8,10,12,16,18H,4-5,9,11H2,1-3H3. The number of hydrogen-bond acceptors (Lipinski definition) is 3. The Morgan fingerprint density at radius 1 is 1.25 bits per heavy atom. The second-order valence-electron chi connectivity index (χ2n) is 5.19. The summed E-state index contributed by atoms with van der Waals surface area (Å²) in [4.78, 5) is 4.56. The Balaban J connectivity index is 2.12. The predicted octanol–water partition coefficient (Wildman–Crippen LogP) is 3.83. The van der Waals surface area contributed by atoms with Gasteiger partial charge in [-0.25, -0.2) is 0 Å². The number of rotatable bonds is 7. The lowest BCUT2D eigenvalue weighted by Gasteiger charge is -2.17. The monoisotopic (exact) mass is 272 g/mol. The number of aromatic nitrogens is 1. The van der Waals surface area contributed by atoms with E-state index in [2.05, 4.69) is 43.2 Å². The second-order valence-corrected chi connectivity index (χ2v) is 5.19. The molecule has 1 atom stereocenters. The molecule has 0 bridgehead atoms. The number of furan rings is 1. The van der Waals surface area contributed by atoms with Crippen LogP contribution >= 0.6 is 0 Å². The highest BCUT2D eigenvalue weighted by atomic mass is 16.3. The van der Waals surface area contributed by atoms with Crippen molar-refractivity contribution >= 4 is 0 Å². The molecule has 0 aliphatic rings. The molecule has 0 aromatic carbocycles. The SMILES string of the molecule is CCCNC(Cc1ccc(CC)cn1)c1occc1C. The Morgan fingerprint density at radius 3 is 2.65 bits per heavy atom. The average molecular weight is 272 g/mol. The van der Waals surface area contributed by atoms with Gasteiger partial charge in [0.15, 0.2) is 0 Å². The molecule has 3 nitrogen and oxygen atoms in total. The van der Waals surface area contributed by atoms with Crippen LogP contribution in [0.1, 0.15) is 48.9 Å². The summed E-state index contributed by atoms with van der Waals surface area (Å²) in [5.74, 6) is 1.03. The molecule has 0 amide bonds. The van der Waals surface area contributed by atoms with Crippen LogP contribution in [0.25, 0.3) is 0 Å². The summed E-state index contributed by atoms with van der Waals surface area (Å²) in [6.07, 6.45) is 6.74.